The van der Waals surface area contributed by atoms with Crippen molar-refractivity contribution in [3.63, 3.8) is 0 Å². The number of amides is 1. The van der Waals surface area contributed by atoms with Crippen molar-refractivity contribution in [1.82, 2.24) is 10.3 Å². The molecular weight excluding hydrogens is 278 g/mol. The number of thiocarbonyl (C=S) groups is 1. The highest BCUT2D eigenvalue weighted by molar-refractivity contribution is 7.80. The molecule has 2 rings (SSSR count). The molecule has 1 aromatic heterocycles. The summed E-state index contributed by atoms with van der Waals surface area (Å²) in [5.74, 6) is 0.447. The van der Waals surface area contributed by atoms with E-state index in [-0.39, 0.29) is 11.9 Å². The first kappa shape index (κ1) is 14.4. The van der Waals surface area contributed by atoms with Gasteiger partial charge in [0.25, 0.3) is 0 Å². The maximum atomic E-state index is 12.4. The summed E-state index contributed by atoms with van der Waals surface area (Å²) >= 11 is 6.68. The Labute approximate surface area is 122 Å². The summed E-state index contributed by atoms with van der Waals surface area (Å²) in [4.78, 5) is 18.2. The Bertz CT molecular complexity index is 506. The van der Waals surface area contributed by atoms with Gasteiger partial charge in [-0.3, -0.25) is 4.79 Å². The summed E-state index contributed by atoms with van der Waals surface area (Å²) in [5.41, 5.74) is 5.13. The third-order valence-electron chi connectivity index (χ3n) is 3.66. The van der Waals surface area contributed by atoms with Crippen LogP contribution in [0.15, 0.2) is 6.20 Å². The van der Waals surface area contributed by atoms with Gasteiger partial charge in [-0.05, 0) is 32.6 Å². The summed E-state index contributed by atoms with van der Waals surface area (Å²) in [6, 6.07) is -0.103. The van der Waals surface area contributed by atoms with Gasteiger partial charge in [0, 0.05) is 11.1 Å². The number of carbonyl (C=O) groups is 1. The highest BCUT2D eigenvalue weighted by Gasteiger charge is 2.51. The van der Waals surface area contributed by atoms with E-state index in [0.29, 0.717) is 10.9 Å². The number of aromatic nitrogens is 1. The van der Waals surface area contributed by atoms with Gasteiger partial charge in [-0.1, -0.05) is 19.1 Å². The number of carbonyl (C=O) groups excluding carboxylic acids is 1. The van der Waals surface area contributed by atoms with Crippen molar-refractivity contribution in [3.8, 4) is 0 Å². The smallest absolute Gasteiger partial charge is 0.233 e. The molecule has 104 valence electrons. The van der Waals surface area contributed by atoms with Crippen molar-refractivity contribution in [2.75, 3.05) is 0 Å². The normalized spacial score (nSPS) is 27.4. The zero-order valence-electron chi connectivity index (χ0n) is 11.4. The van der Waals surface area contributed by atoms with Crippen LogP contribution in [0.3, 0.4) is 0 Å². The van der Waals surface area contributed by atoms with Crippen molar-refractivity contribution in [2.24, 2.45) is 17.1 Å². The molecule has 0 spiro atoms. The fraction of sp³-hybridized carbons (Fsp3) is 0.615. The number of aryl methyl sites for hydroxylation is 1. The molecule has 19 heavy (non-hydrogen) atoms. The number of nitrogens with one attached hydrogen (secondary N) is 1. The van der Waals surface area contributed by atoms with E-state index in [9.17, 15) is 4.79 Å². The number of nitrogens with zero attached hydrogens (tertiary/aromatic N) is 1. The number of nitrogens with two attached hydrogens (primary N) is 1. The van der Waals surface area contributed by atoms with Crippen LogP contribution in [-0.2, 0) is 4.79 Å². The summed E-state index contributed by atoms with van der Waals surface area (Å²) < 4.78 is 0. The first-order chi connectivity index (χ1) is 8.85. The van der Waals surface area contributed by atoms with Crippen LogP contribution >= 0.6 is 23.6 Å². The summed E-state index contributed by atoms with van der Waals surface area (Å²) in [7, 11) is 0. The fourth-order valence-electron chi connectivity index (χ4n) is 2.60. The van der Waals surface area contributed by atoms with E-state index in [1.165, 1.54) is 0 Å². The van der Waals surface area contributed by atoms with Gasteiger partial charge in [-0.25, -0.2) is 4.98 Å². The molecule has 3 N–H and O–H groups in total. The molecule has 1 aromatic rings. The molecule has 0 bridgehead atoms. The lowest BCUT2D eigenvalue weighted by molar-refractivity contribution is -0.133. The van der Waals surface area contributed by atoms with E-state index >= 15 is 0 Å². The SMILES string of the molecule is Cc1cnc(C(C)NC(=O)C2(C(N)=S)CC(C)C2)s1. The van der Waals surface area contributed by atoms with E-state index in [1.54, 1.807) is 11.3 Å². The van der Waals surface area contributed by atoms with Crippen LogP contribution in [-0.4, -0.2) is 15.9 Å². The highest BCUT2D eigenvalue weighted by atomic mass is 32.1. The summed E-state index contributed by atoms with van der Waals surface area (Å²) in [6.45, 7) is 6.04. The van der Waals surface area contributed by atoms with Crippen LogP contribution in [0.25, 0.3) is 0 Å². The zero-order valence-corrected chi connectivity index (χ0v) is 13.0. The molecule has 1 fully saturated rings. The van der Waals surface area contributed by atoms with Crippen molar-refractivity contribution < 1.29 is 4.79 Å². The summed E-state index contributed by atoms with van der Waals surface area (Å²) in [6.07, 6.45) is 3.31. The van der Waals surface area contributed by atoms with Crippen LogP contribution in [0, 0.1) is 18.3 Å². The maximum absolute atomic E-state index is 12.4. The molecule has 0 radical (unpaired) electrons. The first-order valence-electron chi connectivity index (χ1n) is 6.38. The maximum Gasteiger partial charge on any atom is 0.233 e. The predicted octanol–water partition coefficient (Wildman–Crippen LogP) is 2.33. The minimum absolute atomic E-state index is 0.0570. The summed E-state index contributed by atoms with van der Waals surface area (Å²) in [5, 5.41) is 3.91. The average Bonchev–Trinajstić information content (AvgIpc) is 2.70. The minimum Gasteiger partial charge on any atom is -0.392 e. The zero-order chi connectivity index (χ0) is 14.2. The number of thiazole rings is 1. The molecule has 1 amide bonds. The Morgan fingerprint density at radius 1 is 1.68 bits per heavy atom. The fourth-order valence-corrected chi connectivity index (χ4v) is 3.63. The molecule has 1 unspecified atom stereocenters. The highest BCUT2D eigenvalue weighted by Crippen LogP contribution is 2.46. The lowest BCUT2D eigenvalue weighted by Crippen LogP contribution is -2.56. The van der Waals surface area contributed by atoms with E-state index in [1.807, 2.05) is 20.0 Å². The van der Waals surface area contributed by atoms with Crippen LogP contribution in [0.5, 0.6) is 0 Å². The molecule has 4 nitrogen and oxygen atoms in total. The second kappa shape index (κ2) is 5.17. The minimum atomic E-state index is -0.644. The van der Waals surface area contributed by atoms with Gasteiger partial charge < -0.3 is 11.1 Å². The second-order valence-electron chi connectivity index (χ2n) is 5.46. The topological polar surface area (TPSA) is 68.0 Å². The number of rotatable bonds is 4. The van der Waals surface area contributed by atoms with E-state index in [4.69, 9.17) is 18.0 Å². The van der Waals surface area contributed by atoms with Gasteiger partial charge in [0.2, 0.25) is 5.91 Å². The van der Waals surface area contributed by atoms with Gasteiger partial charge in [0.1, 0.15) is 5.01 Å². The van der Waals surface area contributed by atoms with Crippen LogP contribution in [0.1, 0.15) is 42.6 Å². The number of hydrogen-bond acceptors (Lipinski definition) is 4. The van der Waals surface area contributed by atoms with Crippen molar-refractivity contribution >= 4 is 34.5 Å². The van der Waals surface area contributed by atoms with Gasteiger partial charge in [0.05, 0.1) is 16.4 Å². The lowest BCUT2D eigenvalue weighted by Gasteiger charge is -2.44. The largest absolute Gasteiger partial charge is 0.392 e. The Kier molecular flexibility index (Phi) is 3.92. The van der Waals surface area contributed by atoms with Crippen molar-refractivity contribution in [1.29, 1.82) is 0 Å². The van der Waals surface area contributed by atoms with Crippen molar-refractivity contribution in [3.05, 3.63) is 16.1 Å². The molecule has 0 saturated heterocycles. The first-order valence-corrected chi connectivity index (χ1v) is 7.61. The van der Waals surface area contributed by atoms with Crippen molar-refractivity contribution in [2.45, 2.75) is 39.7 Å². The molecule has 1 aliphatic rings. The quantitative estimate of drug-likeness (QED) is 0.837. The van der Waals surface area contributed by atoms with E-state index in [0.717, 1.165) is 22.7 Å². The predicted molar refractivity (Wildman–Crippen MR) is 81.0 cm³/mol. The molecule has 6 heteroatoms. The molecule has 1 aliphatic carbocycles. The molecule has 0 aliphatic heterocycles. The third-order valence-corrected chi connectivity index (χ3v) is 5.14. The van der Waals surface area contributed by atoms with Gasteiger partial charge >= 0.3 is 0 Å². The Balaban J connectivity index is 2.06. The molecular formula is C13H19N3OS2. The molecule has 1 heterocycles. The molecule has 1 saturated carbocycles. The molecule has 1 atom stereocenters. The van der Waals surface area contributed by atoms with Crippen LogP contribution < -0.4 is 11.1 Å². The van der Waals surface area contributed by atoms with Gasteiger partial charge in [-0.2, -0.15) is 0 Å². The van der Waals surface area contributed by atoms with Crippen LogP contribution in [0.2, 0.25) is 0 Å². The van der Waals surface area contributed by atoms with Gasteiger partial charge in [0.15, 0.2) is 0 Å². The number of hydrogen-bond donors (Lipinski definition) is 2. The Morgan fingerprint density at radius 2 is 2.32 bits per heavy atom. The average molecular weight is 297 g/mol. The molecule has 0 aromatic carbocycles. The van der Waals surface area contributed by atoms with Gasteiger partial charge in [-0.15, -0.1) is 11.3 Å². The van der Waals surface area contributed by atoms with Crippen LogP contribution in [0.4, 0.5) is 0 Å². The van der Waals surface area contributed by atoms with E-state index in [2.05, 4.69) is 17.2 Å². The standard InChI is InChI=1S/C13H19N3OS2/c1-7-4-13(5-7,11(14)18)12(17)16-9(3)10-15-6-8(2)19-10/h6-7,9H,4-5H2,1-3H3,(H2,14,18)(H,16,17). The second-order valence-corrected chi connectivity index (χ2v) is 7.17. The Hall–Kier alpha value is -1.01. The lowest BCUT2D eigenvalue weighted by atomic mass is 9.62. The third kappa shape index (κ3) is 2.65. The Morgan fingerprint density at radius 3 is 2.74 bits per heavy atom. The monoisotopic (exact) mass is 297 g/mol. The van der Waals surface area contributed by atoms with E-state index < -0.39 is 5.41 Å².